The molecule has 4 heteroatoms. The lowest BCUT2D eigenvalue weighted by Crippen LogP contribution is -2.20. The van der Waals surface area contributed by atoms with Crippen molar-refractivity contribution in [1.29, 1.82) is 0 Å². The van der Waals surface area contributed by atoms with Crippen LogP contribution >= 0.6 is 0 Å². The van der Waals surface area contributed by atoms with E-state index >= 15 is 0 Å². The molecule has 1 aliphatic heterocycles. The molecule has 19 heavy (non-hydrogen) atoms. The van der Waals surface area contributed by atoms with Crippen LogP contribution in [-0.4, -0.2) is 29.9 Å². The third kappa shape index (κ3) is 3.56. The van der Waals surface area contributed by atoms with Crippen LogP contribution in [0.4, 0.5) is 5.69 Å². The second-order valence-electron chi connectivity index (χ2n) is 5.14. The maximum absolute atomic E-state index is 11.4. The molecule has 1 N–H and O–H groups in total. The fourth-order valence-electron chi connectivity index (χ4n) is 2.55. The summed E-state index contributed by atoms with van der Waals surface area (Å²) in [4.78, 5) is 24.2. The summed E-state index contributed by atoms with van der Waals surface area (Å²) in [7, 11) is 0. The van der Waals surface area contributed by atoms with Gasteiger partial charge in [-0.15, -0.1) is 0 Å². The highest BCUT2D eigenvalue weighted by Gasteiger charge is 2.23. The van der Waals surface area contributed by atoms with E-state index in [0.29, 0.717) is 5.92 Å². The van der Waals surface area contributed by atoms with E-state index in [4.69, 9.17) is 5.11 Å². The first-order valence-electron chi connectivity index (χ1n) is 6.64. The molecule has 4 nitrogen and oxygen atoms in total. The Morgan fingerprint density at radius 2 is 2.21 bits per heavy atom. The molecular formula is C15H19NO3. The van der Waals surface area contributed by atoms with E-state index in [2.05, 4.69) is 4.90 Å². The number of rotatable bonds is 5. The molecule has 0 aromatic heterocycles. The average Bonchev–Trinajstić information content (AvgIpc) is 2.85. The summed E-state index contributed by atoms with van der Waals surface area (Å²) in [6.07, 6.45) is 2.00. The SMILES string of the molecule is CC(=O)c1cccc(N2CCC(CCC(=O)O)C2)c1. The topological polar surface area (TPSA) is 57.6 Å². The average molecular weight is 261 g/mol. The van der Waals surface area contributed by atoms with E-state index in [0.717, 1.165) is 37.2 Å². The van der Waals surface area contributed by atoms with Crippen LogP contribution in [0.2, 0.25) is 0 Å². The highest BCUT2D eigenvalue weighted by atomic mass is 16.4. The van der Waals surface area contributed by atoms with E-state index in [-0.39, 0.29) is 12.2 Å². The fraction of sp³-hybridized carbons (Fsp3) is 0.467. The van der Waals surface area contributed by atoms with Gasteiger partial charge in [0.05, 0.1) is 0 Å². The van der Waals surface area contributed by atoms with Gasteiger partial charge < -0.3 is 10.0 Å². The summed E-state index contributed by atoms with van der Waals surface area (Å²) in [5, 5.41) is 8.70. The molecule has 0 radical (unpaired) electrons. The first kappa shape index (κ1) is 13.6. The largest absolute Gasteiger partial charge is 0.481 e. The van der Waals surface area contributed by atoms with Gasteiger partial charge >= 0.3 is 5.97 Å². The maximum Gasteiger partial charge on any atom is 0.303 e. The molecule has 1 unspecified atom stereocenters. The molecule has 1 atom stereocenters. The Morgan fingerprint density at radius 1 is 1.42 bits per heavy atom. The number of hydrogen-bond acceptors (Lipinski definition) is 3. The lowest BCUT2D eigenvalue weighted by atomic mass is 10.0. The molecule has 1 aromatic carbocycles. The van der Waals surface area contributed by atoms with E-state index < -0.39 is 5.97 Å². The molecule has 2 rings (SSSR count). The smallest absolute Gasteiger partial charge is 0.303 e. The van der Waals surface area contributed by atoms with E-state index in [1.165, 1.54) is 0 Å². The van der Waals surface area contributed by atoms with Crippen LogP contribution in [0.15, 0.2) is 24.3 Å². The van der Waals surface area contributed by atoms with Gasteiger partial charge in [0.25, 0.3) is 0 Å². The van der Waals surface area contributed by atoms with Crippen molar-refractivity contribution >= 4 is 17.4 Å². The number of carbonyl (C=O) groups is 2. The van der Waals surface area contributed by atoms with Gasteiger partial charge in [0.1, 0.15) is 0 Å². The third-order valence-electron chi connectivity index (χ3n) is 3.67. The lowest BCUT2D eigenvalue weighted by molar-refractivity contribution is -0.137. The number of ketones is 1. The second-order valence-corrected chi connectivity index (χ2v) is 5.14. The van der Waals surface area contributed by atoms with Crippen LogP contribution in [0.5, 0.6) is 0 Å². The molecule has 1 aliphatic rings. The highest BCUT2D eigenvalue weighted by Crippen LogP contribution is 2.27. The van der Waals surface area contributed by atoms with Crippen LogP contribution < -0.4 is 4.90 Å². The van der Waals surface area contributed by atoms with Gasteiger partial charge in [0.2, 0.25) is 0 Å². The Hall–Kier alpha value is -1.84. The number of aliphatic carboxylic acids is 1. The number of carbonyl (C=O) groups excluding carboxylic acids is 1. The van der Waals surface area contributed by atoms with Crippen molar-refractivity contribution in [2.45, 2.75) is 26.2 Å². The maximum atomic E-state index is 11.4. The minimum atomic E-state index is -0.725. The molecule has 0 saturated carbocycles. The predicted molar refractivity (Wildman–Crippen MR) is 73.6 cm³/mol. The molecule has 0 spiro atoms. The Kier molecular flexibility index (Phi) is 4.20. The number of benzene rings is 1. The summed E-state index contributed by atoms with van der Waals surface area (Å²) in [5.41, 5.74) is 1.79. The van der Waals surface area contributed by atoms with Crippen molar-refractivity contribution in [1.82, 2.24) is 0 Å². The molecule has 102 valence electrons. The van der Waals surface area contributed by atoms with Crippen LogP contribution in [0, 0.1) is 5.92 Å². The van der Waals surface area contributed by atoms with Crippen LogP contribution in [-0.2, 0) is 4.79 Å². The van der Waals surface area contributed by atoms with Crippen molar-refractivity contribution in [3.8, 4) is 0 Å². The van der Waals surface area contributed by atoms with E-state index in [1.807, 2.05) is 24.3 Å². The Labute approximate surface area is 113 Å². The molecular weight excluding hydrogens is 242 g/mol. The minimum absolute atomic E-state index is 0.0727. The fourth-order valence-corrected chi connectivity index (χ4v) is 2.55. The van der Waals surface area contributed by atoms with Gasteiger partial charge in [-0.2, -0.15) is 0 Å². The molecule has 1 aromatic rings. The second kappa shape index (κ2) is 5.87. The first-order chi connectivity index (χ1) is 9.06. The molecule has 0 aliphatic carbocycles. The molecule has 1 heterocycles. The van der Waals surface area contributed by atoms with Gasteiger partial charge in [-0.3, -0.25) is 9.59 Å². The molecule has 1 saturated heterocycles. The van der Waals surface area contributed by atoms with Crippen LogP contribution in [0.25, 0.3) is 0 Å². The monoisotopic (exact) mass is 261 g/mol. The lowest BCUT2D eigenvalue weighted by Gasteiger charge is -2.19. The molecule has 0 amide bonds. The highest BCUT2D eigenvalue weighted by molar-refractivity contribution is 5.95. The van der Waals surface area contributed by atoms with E-state index in [1.54, 1.807) is 6.92 Å². The quantitative estimate of drug-likeness (QED) is 0.828. The third-order valence-corrected chi connectivity index (χ3v) is 3.67. The summed E-state index contributed by atoms with van der Waals surface area (Å²) in [5.74, 6) is -0.211. The number of anilines is 1. The van der Waals surface area contributed by atoms with Gasteiger partial charge in [-0.1, -0.05) is 12.1 Å². The van der Waals surface area contributed by atoms with Crippen molar-refractivity contribution < 1.29 is 14.7 Å². The van der Waals surface area contributed by atoms with Gasteiger partial charge in [0, 0.05) is 30.8 Å². The normalized spacial score (nSPS) is 18.6. The summed E-state index contributed by atoms with van der Waals surface area (Å²) < 4.78 is 0. The van der Waals surface area contributed by atoms with Crippen molar-refractivity contribution in [2.75, 3.05) is 18.0 Å². The summed E-state index contributed by atoms with van der Waals surface area (Å²) >= 11 is 0. The summed E-state index contributed by atoms with van der Waals surface area (Å²) in [6.45, 7) is 3.39. The van der Waals surface area contributed by atoms with Gasteiger partial charge in [-0.25, -0.2) is 0 Å². The molecule has 0 bridgehead atoms. The van der Waals surface area contributed by atoms with Gasteiger partial charge in [0.15, 0.2) is 5.78 Å². The number of carboxylic acid groups (broad SMARTS) is 1. The standard InChI is InChI=1S/C15H19NO3/c1-11(17)13-3-2-4-14(9-13)16-8-7-12(10-16)5-6-15(18)19/h2-4,9,12H,5-8,10H2,1H3,(H,18,19). The minimum Gasteiger partial charge on any atom is -0.481 e. The Morgan fingerprint density at radius 3 is 2.89 bits per heavy atom. The van der Waals surface area contributed by atoms with Gasteiger partial charge in [-0.05, 0) is 37.8 Å². The molecule has 1 fully saturated rings. The Balaban J connectivity index is 1.98. The predicted octanol–water partition coefficient (Wildman–Crippen LogP) is 2.58. The van der Waals surface area contributed by atoms with Crippen molar-refractivity contribution in [3.05, 3.63) is 29.8 Å². The zero-order valence-corrected chi connectivity index (χ0v) is 11.1. The van der Waals surface area contributed by atoms with Crippen molar-refractivity contribution in [3.63, 3.8) is 0 Å². The number of hydrogen-bond donors (Lipinski definition) is 1. The first-order valence-corrected chi connectivity index (χ1v) is 6.64. The van der Waals surface area contributed by atoms with Crippen LogP contribution in [0.1, 0.15) is 36.5 Å². The number of carboxylic acids is 1. The Bertz CT molecular complexity index is 484. The number of nitrogens with zero attached hydrogens (tertiary/aromatic N) is 1. The van der Waals surface area contributed by atoms with E-state index in [9.17, 15) is 9.59 Å². The number of Topliss-reactive ketones (excluding diaryl/α,β-unsaturated/α-hetero) is 1. The zero-order valence-electron chi connectivity index (χ0n) is 11.1. The van der Waals surface area contributed by atoms with Crippen LogP contribution in [0.3, 0.4) is 0 Å². The zero-order chi connectivity index (χ0) is 13.8. The summed E-state index contributed by atoms with van der Waals surface area (Å²) in [6, 6.07) is 7.65. The van der Waals surface area contributed by atoms with Crippen molar-refractivity contribution in [2.24, 2.45) is 5.92 Å².